The lowest BCUT2D eigenvalue weighted by molar-refractivity contribution is -0.115. The summed E-state index contributed by atoms with van der Waals surface area (Å²) < 4.78 is 0.821. The van der Waals surface area contributed by atoms with E-state index in [1.165, 1.54) is 6.92 Å². The molecule has 0 radical (unpaired) electrons. The van der Waals surface area contributed by atoms with Gasteiger partial charge < -0.3 is 16.0 Å². The first-order valence-corrected chi connectivity index (χ1v) is 8.24. The van der Waals surface area contributed by atoms with Gasteiger partial charge in [-0.15, -0.1) is 0 Å². The molecule has 0 spiro atoms. The van der Waals surface area contributed by atoms with Crippen LogP contribution in [0.1, 0.15) is 17.3 Å². The Morgan fingerprint density at radius 1 is 0.917 bits per heavy atom. The van der Waals surface area contributed by atoms with Gasteiger partial charge in [0.15, 0.2) is 0 Å². The third kappa shape index (κ3) is 5.34. The van der Waals surface area contributed by atoms with Crippen molar-refractivity contribution in [3.05, 3.63) is 57.7 Å². The number of rotatable bonds is 5. The minimum absolute atomic E-state index is 0.128. The van der Waals surface area contributed by atoms with Crippen molar-refractivity contribution in [1.82, 2.24) is 5.32 Å². The number of hydrogen-bond acceptors (Lipinski definition) is 3. The summed E-state index contributed by atoms with van der Waals surface area (Å²) in [4.78, 5) is 34.9. The number of halogens is 1. The van der Waals surface area contributed by atoms with Gasteiger partial charge in [-0.1, -0.05) is 12.1 Å². The Balaban J connectivity index is 1.86. The molecule has 0 saturated heterocycles. The standard InChI is InChI=1S/C17H16IN3O3/c1-11(22)20-12-6-8-13(9-7-12)21-16(23)10-19-17(24)14-4-2-3-5-15(14)18/h2-9H,10H2,1H3,(H,19,24)(H,20,22)(H,21,23). The molecule has 3 N–H and O–H groups in total. The maximum atomic E-state index is 12.0. The van der Waals surface area contributed by atoms with Gasteiger partial charge in [0.2, 0.25) is 11.8 Å². The van der Waals surface area contributed by atoms with E-state index in [9.17, 15) is 14.4 Å². The molecule has 124 valence electrons. The third-order valence-corrected chi connectivity index (χ3v) is 3.96. The van der Waals surface area contributed by atoms with Gasteiger partial charge in [-0.3, -0.25) is 14.4 Å². The summed E-state index contributed by atoms with van der Waals surface area (Å²) in [5.41, 5.74) is 1.76. The molecule has 0 heterocycles. The van der Waals surface area contributed by atoms with E-state index in [0.29, 0.717) is 16.9 Å². The van der Waals surface area contributed by atoms with Crippen LogP contribution >= 0.6 is 22.6 Å². The van der Waals surface area contributed by atoms with Gasteiger partial charge in [0.25, 0.3) is 5.91 Å². The van der Waals surface area contributed by atoms with E-state index in [0.717, 1.165) is 3.57 Å². The second kappa shape index (κ2) is 8.44. The fraction of sp³-hybridized carbons (Fsp3) is 0.118. The highest BCUT2D eigenvalue weighted by Crippen LogP contribution is 2.13. The predicted molar refractivity (Wildman–Crippen MR) is 101 cm³/mol. The molecule has 3 amide bonds. The highest BCUT2D eigenvalue weighted by Gasteiger charge is 2.10. The highest BCUT2D eigenvalue weighted by atomic mass is 127. The van der Waals surface area contributed by atoms with Gasteiger partial charge in [-0.25, -0.2) is 0 Å². The topological polar surface area (TPSA) is 87.3 Å². The molecule has 2 aromatic carbocycles. The van der Waals surface area contributed by atoms with E-state index in [1.807, 2.05) is 12.1 Å². The highest BCUT2D eigenvalue weighted by molar-refractivity contribution is 14.1. The van der Waals surface area contributed by atoms with E-state index in [-0.39, 0.29) is 24.3 Å². The number of amides is 3. The molecule has 0 aromatic heterocycles. The van der Waals surface area contributed by atoms with Gasteiger partial charge >= 0.3 is 0 Å². The van der Waals surface area contributed by atoms with Crippen molar-refractivity contribution in [2.24, 2.45) is 0 Å². The van der Waals surface area contributed by atoms with Crippen LogP contribution in [-0.4, -0.2) is 24.3 Å². The number of nitrogens with one attached hydrogen (secondary N) is 3. The molecular weight excluding hydrogens is 421 g/mol. The number of hydrogen-bond donors (Lipinski definition) is 3. The van der Waals surface area contributed by atoms with E-state index < -0.39 is 0 Å². The van der Waals surface area contributed by atoms with Crippen molar-refractivity contribution in [1.29, 1.82) is 0 Å². The number of benzene rings is 2. The normalized spacial score (nSPS) is 9.92. The van der Waals surface area contributed by atoms with Crippen molar-refractivity contribution in [2.75, 3.05) is 17.2 Å². The van der Waals surface area contributed by atoms with Crippen molar-refractivity contribution >= 4 is 51.7 Å². The van der Waals surface area contributed by atoms with Crippen LogP contribution in [0.15, 0.2) is 48.5 Å². The van der Waals surface area contributed by atoms with Gasteiger partial charge in [-0.05, 0) is 59.0 Å². The monoisotopic (exact) mass is 437 g/mol. The average Bonchev–Trinajstić information content (AvgIpc) is 2.54. The van der Waals surface area contributed by atoms with E-state index >= 15 is 0 Å². The van der Waals surface area contributed by atoms with Crippen LogP contribution in [0.5, 0.6) is 0 Å². The zero-order chi connectivity index (χ0) is 17.5. The summed E-state index contributed by atoms with van der Waals surface area (Å²) in [6.07, 6.45) is 0. The Kier molecular flexibility index (Phi) is 6.30. The minimum atomic E-state index is -0.332. The van der Waals surface area contributed by atoms with Crippen LogP contribution in [0.3, 0.4) is 0 Å². The summed E-state index contributed by atoms with van der Waals surface area (Å²) in [5.74, 6) is -0.789. The predicted octanol–water partition coefficient (Wildman–Crippen LogP) is 2.62. The summed E-state index contributed by atoms with van der Waals surface area (Å²) in [5, 5.41) is 7.90. The molecule has 6 nitrogen and oxygen atoms in total. The summed E-state index contributed by atoms with van der Waals surface area (Å²) in [6, 6.07) is 13.9. The molecule has 0 fully saturated rings. The Morgan fingerprint density at radius 3 is 2.08 bits per heavy atom. The molecule has 24 heavy (non-hydrogen) atoms. The molecule has 0 atom stereocenters. The van der Waals surface area contributed by atoms with Crippen molar-refractivity contribution in [3.63, 3.8) is 0 Å². The van der Waals surface area contributed by atoms with E-state index in [2.05, 4.69) is 38.5 Å². The SMILES string of the molecule is CC(=O)Nc1ccc(NC(=O)CNC(=O)c2ccccc2I)cc1. The zero-order valence-electron chi connectivity index (χ0n) is 12.9. The summed E-state index contributed by atoms with van der Waals surface area (Å²) in [6.45, 7) is 1.30. The Morgan fingerprint density at radius 2 is 1.50 bits per heavy atom. The molecule has 0 bridgehead atoms. The molecule has 2 rings (SSSR count). The lowest BCUT2D eigenvalue weighted by atomic mass is 10.2. The molecule has 7 heteroatoms. The maximum Gasteiger partial charge on any atom is 0.252 e. The molecule has 0 unspecified atom stereocenters. The van der Waals surface area contributed by atoms with Gasteiger partial charge in [0.1, 0.15) is 0 Å². The Bertz CT molecular complexity index is 760. The van der Waals surface area contributed by atoms with Gasteiger partial charge in [-0.2, -0.15) is 0 Å². The molecule has 0 saturated carbocycles. The largest absolute Gasteiger partial charge is 0.343 e. The molecule has 2 aromatic rings. The number of carbonyl (C=O) groups excluding carboxylic acids is 3. The summed E-state index contributed by atoms with van der Waals surface area (Å²) in [7, 11) is 0. The van der Waals surface area contributed by atoms with Crippen LogP contribution < -0.4 is 16.0 Å². The number of carbonyl (C=O) groups is 3. The molecule has 0 aliphatic heterocycles. The zero-order valence-corrected chi connectivity index (χ0v) is 15.1. The van der Waals surface area contributed by atoms with Crippen LogP contribution in [-0.2, 0) is 9.59 Å². The maximum absolute atomic E-state index is 12.0. The smallest absolute Gasteiger partial charge is 0.252 e. The first-order chi connectivity index (χ1) is 11.5. The third-order valence-electron chi connectivity index (χ3n) is 3.02. The first-order valence-electron chi connectivity index (χ1n) is 7.16. The molecular formula is C17H16IN3O3. The Hall–Kier alpha value is -2.42. The average molecular weight is 437 g/mol. The quantitative estimate of drug-likeness (QED) is 0.629. The van der Waals surface area contributed by atoms with E-state index in [4.69, 9.17) is 0 Å². The fourth-order valence-electron chi connectivity index (χ4n) is 1.95. The second-order valence-corrected chi connectivity index (χ2v) is 6.13. The first kappa shape index (κ1) is 17.9. The van der Waals surface area contributed by atoms with E-state index in [1.54, 1.807) is 36.4 Å². The van der Waals surface area contributed by atoms with Crippen LogP contribution in [0, 0.1) is 3.57 Å². The van der Waals surface area contributed by atoms with Gasteiger partial charge in [0, 0.05) is 21.9 Å². The Labute approximate surface area is 153 Å². The van der Waals surface area contributed by atoms with Crippen LogP contribution in [0.2, 0.25) is 0 Å². The van der Waals surface area contributed by atoms with Crippen LogP contribution in [0.4, 0.5) is 11.4 Å². The lowest BCUT2D eigenvalue weighted by Crippen LogP contribution is -2.33. The van der Waals surface area contributed by atoms with Crippen molar-refractivity contribution < 1.29 is 14.4 Å². The van der Waals surface area contributed by atoms with Gasteiger partial charge in [0.05, 0.1) is 12.1 Å². The second-order valence-electron chi connectivity index (χ2n) is 4.97. The summed E-state index contributed by atoms with van der Waals surface area (Å²) >= 11 is 2.07. The molecule has 0 aliphatic rings. The number of anilines is 2. The van der Waals surface area contributed by atoms with Crippen molar-refractivity contribution in [2.45, 2.75) is 6.92 Å². The minimum Gasteiger partial charge on any atom is -0.343 e. The molecule has 0 aliphatic carbocycles. The fourth-order valence-corrected chi connectivity index (χ4v) is 2.58. The lowest BCUT2D eigenvalue weighted by Gasteiger charge is -2.09. The van der Waals surface area contributed by atoms with Crippen molar-refractivity contribution in [3.8, 4) is 0 Å². The van der Waals surface area contributed by atoms with Crippen LogP contribution in [0.25, 0.3) is 0 Å².